The standard InChI is InChI=1S/C15H18BrNO3/c16-14-11(7-9-20-14)15(19)17-8-2-1-5-12(17)10-4-3-6-13(10)18/h7,9-10,12H,1-6,8H2. The summed E-state index contributed by atoms with van der Waals surface area (Å²) in [6.45, 7) is 0.741. The summed E-state index contributed by atoms with van der Waals surface area (Å²) in [5, 5.41) is 0. The molecule has 1 saturated carbocycles. The average molecular weight is 340 g/mol. The van der Waals surface area contributed by atoms with Gasteiger partial charge in [-0.1, -0.05) is 0 Å². The third kappa shape index (κ3) is 2.43. The van der Waals surface area contributed by atoms with Gasteiger partial charge in [-0.15, -0.1) is 0 Å². The van der Waals surface area contributed by atoms with Crippen LogP contribution >= 0.6 is 15.9 Å². The molecule has 1 aromatic heterocycles. The minimum atomic E-state index is -0.0185. The number of piperidine rings is 1. The third-order valence-electron chi connectivity index (χ3n) is 4.47. The smallest absolute Gasteiger partial charge is 0.258 e. The van der Waals surface area contributed by atoms with Gasteiger partial charge in [0.05, 0.1) is 11.8 Å². The van der Waals surface area contributed by atoms with E-state index < -0.39 is 0 Å². The molecule has 4 nitrogen and oxygen atoms in total. The molecule has 1 aliphatic carbocycles. The van der Waals surface area contributed by atoms with Gasteiger partial charge in [0.2, 0.25) is 0 Å². The first-order valence-electron chi connectivity index (χ1n) is 7.25. The largest absolute Gasteiger partial charge is 0.457 e. The summed E-state index contributed by atoms with van der Waals surface area (Å²) in [4.78, 5) is 26.6. The fraction of sp³-hybridized carbons (Fsp3) is 0.600. The maximum Gasteiger partial charge on any atom is 0.258 e. The highest BCUT2D eigenvalue weighted by Gasteiger charge is 2.39. The van der Waals surface area contributed by atoms with Crippen LogP contribution in [0.5, 0.6) is 0 Å². The summed E-state index contributed by atoms with van der Waals surface area (Å²) in [7, 11) is 0. The van der Waals surface area contributed by atoms with Crippen LogP contribution in [0.25, 0.3) is 0 Å². The van der Waals surface area contributed by atoms with Crippen molar-refractivity contribution in [2.45, 2.75) is 44.6 Å². The van der Waals surface area contributed by atoms with E-state index in [9.17, 15) is 9.59 Å². The molecule has 1 aliphatic heterocycles. The van der Waals surface area contributed by atoms with Gasteiger partial charge >= 0.3 is 0 Å². The van der Waals surface area contributed by atoms with Crippen LogP contribution in [-0.4, -0.2) is 29.2 Å². The van der Waals surface area contributed by atoms with Crippen LogP contribution in [0.3, 0.4) is 0 Å². The number of halogens is 1. The van der Waals surface area contributed by atoms with Crippen LogP contribution in [0.4, 0.5) is 0 Å². The summed E-state index contributed by atoms with van der Waals surface area (Å²) in [5.41, 5.74) is 0.558. The Kier molecular flexibility index (Phi) is 3.96. The summed E-state index contributed by atoms with van der Waals surface area (Å²) < 4.78 is 5.64. The van der Waals surface area contributed by atoms with Crippen LogP contribution in [-0.2, 0) is 4.79 Å². The summed E-state index contributed by atoms with van der Waals surface area (Å²) >= 11 is 3.27. The van der Waals surface area contributed by atoms with E-state index in [1.54, 1.807) is 6.07 Å². The predicted molar refractivity (Wildman–Crippen MR) is 77.4 cm³/mol. The Balaban J connectivity index is 1.84. The molecular weight excluding hydrogens is 322 g/mol. The fourth-order valence-corrected chi connectivity index (χ4v) is 3.89. The van der Waals surface area contributed by atoms with Crippen molar-refractivity contribution in [3.05, 3.63) is 22.6 Å². The zero-order chi connectivity index (χ0) is 14.1. The van der Waals surface area contributed by atoms with Gasteiger partial charge in [0, 0.05) is 24.9 Å². The van der Waals surface area contributed by atoms with Crippen LogP contribution < -0.4 is 0 Å². The normalized spacial score (nSPS) is 27.1. The highest BCUT2D eigenvalue weighted by molar-refractivity contribution is 9.10. The highest BCUT2D eigenvalue weighted by atomic mass is 79.9. The SMILES string of the molecule is O=C1CCCC1C1CCCCN1C(=O)c1ccoc1Br. The highest BCUT2D eigenvalue weighted by Crippen LogP contribution is 2.34. The van der Waals surface area contributed by atoms with Crippen molar-refractivity contribution >= 4 is 27.6 Å². The zero-order valence-electron chi connectivity index (χ0n) is 11.3. The van der Waals surface area contributed by atoms with Crippen molar-refractivity contribution in [2.24, 2.45) is 5.92 Å². The van der Waals surface area contributed by atoms with Gasteiger partial charge in [-0.3, -0.25) is 9.59 Å². The van der Waals surface area contributed by atoms with Crippen LogP contribution in [0, 0.1) is 5.92 Å². The molecule has 0 spiro atoms. The molecule has 5 heteroatoms. The van der Waals surface area contributed by atoms with E-state index >= 15 is 0 Å². The fourth-order valence-electron chi connectivity index (χ4n) is 3.48. The second-order valence-electron chi connectivity index (χ2n) is 5.63. The van der Waals surface area contributed by atoms with Crippen LogP contribution in [0.15, 0.2) is 21.4 Å². The van der Waals surface area contributed by atoms with Crippen LogP contribution in [0.2, 0.25) is 0 Å². The molecule has 0 N–H and O–H groups in total. The number of likely N-dealkylation sites (tertiary alicyclic amines) is 1. The van der Waals surface area contributed by atoms with Gasteiger partial charge < -0.3 is 9.32 Å². The molecule has 0 bridgehead atoms. The maximum atomic E-state index is 12.7. The van der Waals surface area contributed by atoms with Crippen molar-refractivity contribution in [3.63, 3.8) is 0 Å². The van der Waals surface area contributed by atoms with E-state index in [1.807, 2.05) is 4.90 Å². The second kappa shape index (κ2) is 5.72. The molecule has 20 heavy (non-hydrogen) atoms. The van der Waals surface area contributed by atoms with Gasteiger partial charge in [-0.25, -0.2) is 0 Å². The first-order valence-corrected chi connectivity index (χ1v) is 8.04. The molecule has 2 aliphatic rings. The Labute approximate surface area is 126 Å². The minimum Gasteiger partial charge on any atom is -0.457 e. The van der Waals surface area contributed by atoms with E-state index in [0.717, 1.165) is 38.6 Å². The quantitative estimate of drug-likeness (QED) is 0.829. The number of carbonyl (C=O) groups is 2. The zero-order valence-corrected chi connectivity index (χ0v) is 12.9. The first kappa shape index (κ1) is 13.9. The number of ketones is 1. The van der Waals surface area contributed by atoms with Gasteiger partial charge in [-0.05, 0) is 54.1 Å². The topological polar surface area (TPSA) is 50.5 Å². The second-order valence-corrected chi connectivity index (χ2v) is 6.35. The Bertz CT molecular complexity index is 525. The Morgan fingerprint density at radius 1 is 1.30 bits per heavy atom. The van der Waals surface area contributed by atoms with Crippen molar-refractivity contribution in [1.29, 1.82) is 0 Å². The van der Waals surface area contributed by atoms with E-state index in [4.69, 9.17) is 4.42 Å². The number of hydrogen-bond donors (Lipinski definition) is 0. The van der Waals surface area contributed by atoms with E-state index in [2.05, 4.69) is 15.9 Å². The number of furan rings is 1. The predicted octanol–water partition coefficient (Wildman–Crippen LogP) is 3.41. The molecule has 1 aromatic rings. The van der Waals surface area contributed by atoms with Gasteiger partial charge in [-0.2, -0.15) is 0 Å². The van der Waals surface area contributed by atoms with Gasteiger partial charge in [0.25, 0.3) is 5.91 Å². The van der Waals surface area contributed by atoms with Crippen LogP contribution in [0.1, 0.15) is 48.9 Å². The molecule has 108 valence electrons. The molecule has 0 radical (unpaired) electrons. The Morgan fingerprint density at radius 3 is 2.80 bits per heavy atom. The molecule has 3 rings (SSSR count). The molecule has 1 saturated heterocycles. The summed E-state index contributed by atoms with van der Waals surface area (Å²) in [5.74, 6) is 0.362. The lowest BCUT2D eigenvalue weighted by Crippen LogP contribution is -2.48. The number of rotatable bonds is 2. The summed E-state index contributed by atoms with van der Waals surface area (Å²) in [6, 6.07) is 1.77. The number of carbonyl (C=O) groups excluding carboxylic acids is 2. The Hall–Kier alpha value is -1.10. The summed E-state index contributed by atoms with van der Waals surface area (Å²) in [6.07, 6.45) is 7.15. The van der Waals surface area contributed by atoms with Crippen molar-refractivity contribution in [3.8, 4) is 0 Å². The van der Waals surface area contributed by atoms with Crippen molar-refractivity contribution in [1.82, 2.24) is 4.90 Å². The Morgan fingerprint density at radius 2 is 2.15 bits per heavy atom. The molecule has 1 amide bonds. The number of hydrogen-bond acceptors (Lipinski definition) is 3. The average Bonchev–Trinajstić information content (AvgIpc) is 3.06. The number of amides is 1. The van der Waals surface area contributed by atoms with E-state index in [0.29, 0.717) is 22.4 Å². The lowest BCUT2D eigenvalue weighted by molar-refractivity contribution is -0.122. The number of nitrogens with zero attached hydrogens (tertiary/aromatic N) is 1. The van der Waals surface area contributed by atoms with Gasteiger partial charge in [0.15, 0.2) is 4.67 Å². The first-order chi connectivity index (χ1) is 9.68. The molecule has 2 heterocycles. The maximum absolute atomic E-state index is 12.7. The molecule has 2 fully saturated rings. The lowest BCUT2D eigenvalue weighted by Gasteiger charge is -2.38. The minimum absolute atomic E-state index is 0.0185. The van der Waals surface area contributed by atoms with Crippen molar-refractivity contribution in [2.75, 3.05) is 6.54 Å². The van der Waals surface area contributed by atoms with Gasteiger partial charge in [0.1, 0.15) is 5.78 Å². The number of Topliss-reactive ketones (excluding diaryl/α,β-unsaturated/α-hetero) is 1. The molecule has 0 aromatic carbocycles. The van der Waals surface area contributed by atoms with E-state index in [-0.39, 0.29) is 17.9 Å². The third-order valence-corrected chi connectivity index (χ3v) is 5.09. The monoisotopic (exact) mass is 339 g/mol. The molecular formula is C15H18BrNO3. The van der Waals surface area contributed by atoms with E-state index in [1.165, 1.54) is 6.26 Å². The lowest BCUT2D eigenvalue weighted by atomic mass is 9.88. The van der Waals surface area contributed by atoms with Crippen molar-refractivity contribution < 1.29 is 14.0 Å². The molecule has 2 unspecified atom stereocenters. The molecule has 2 atom stereocenters.